The van der Waals surface area contributed by atoms with E-state index in [2.05, 4.69) is 5.32 Å². The van der Waals surface area contributed by atoms with E-state index in [0.29, 0.717) is 19.5 Å². The Balaban J connectivity index is 0.00000169. The minimum atomic E-state index is -2.46. The van der Waals surface area contributed by atoms with Crippen LogP contribution in [0, 0.1) is 0 Å². The third-order valence-electron chi connectivity index (χ3n) is 2.20. The van der Waals surface area contributed by atoms with Gasteiger partial charge in [0.25, 0.3) is 6.43 Å². The summed E-state index contributed by atoms with van der Waals surface area (Å²) in [5.74, 6) is -0.188. The number of nitrogens with one attached hydrogen (secondary N) is 1. The van der Waals surface area contributed by atoms with Crippen LogP contribution in [-0.2, 0) is 4.79 Å². The van der Waals surface area contributed by atoms with E-state index in [1.807, 2.05) is 0 Å². The molecule has 0 aromatic heterocycles. The first-order valence-corrected chi connectivity index (χ1v) is 4.45. The van der Waals surface area contributed by atoms with E-state index in [0.717, 1.165) is 0 Å². The second-order valence-corrected chi connectivity index (χ2v) is 3.05. The molecular formula is C8H15ClF2N2O. The van der Waals surface area contributed by atoms with E-state index in [9.17, 15) is 13.6 Å². The minimum absolute atomic E-state index is 0. The summed E-state index contributed by atoms with van der Waals surface area (Å²) in [6.07, 6.45) is -2.16. The molecule has 3 nitrogen and oxygen atoms in total. The molecule has 1 heterocycles. The Morgan fingerprint density at radius 1 is 1.64 bits per heavy atom. The molecule has 14 heavy (non-hydrogen) atoms. The molecule has 0 saturated carbocycles. The van der Waals surface area contributed by atoms with Gasteiger partial charge < -0.3 is 10.2 Å². The van der Waals surface area contributed by atoms with E-state index >= 15 is 0 Å². The zero-order valence-corrected chi connectivity index (χ0v) is 8.82. The second-order valence-electron chi connectivity index (χ2n) is 3.05. The minimum Gasteiger partial charge on any atom is -0.331 e. The van der Waals surface area contributed by atoms with Crippen LogP contribution < -0.4 is 5.32 Å². The van der Waals surface area contributed by atoms with Gasteiger partial charge in [-0.3, -0.25) is 4.79 Å². The number of piperazine rings is 1. The Hall–Kier alpha value is -0.420. The predicted octanol–water partition coefficient (Wildman–Crippen LogP) is 0.884. The number of carbonyl (C=O) groups excluding carboxylic acids is 1. The molecule has 1 atom stereocenters. The van der Waals surface area contributed by atoms with Crippen molar-refractivity contribution in [2.24, 2.45) is 0 Å². The summed E-state index contributed by atoms with van der Waals surface area (Å²) in [5.41, 5.74) is 0. The number of nitrogens with zero attached hydrogens (tertiary/aromatic N) is 1. The number of alkyl halides is 2. The van der Waals surface area contributed by atoms with Crippen molar-refractivity contribution in [3.05, 3.63) is 0 Å². The van der Waals surface area contributed by atoms with Gasteiger partial charge in [-0.2, -0.15) is 0 Å². The fraction of sp³-hybridized carbons (Fsp3) is 0.875. The summed E-state index contributed by atoms with van der Waals surface area (Å²) in [5, 5.41) is 2.85. The SMILES string of the molecule is CCC(=O)N1CCNCC1C(F)F.Cl. The van der Waals surface area contributed by atoms with Crippen molar-refractivity contribution in [1.82, 2.24) is 10.2 Å². The third kappa shape index (κ3) is 3.06. The number of carbonyl (C=O) groups is 1. The van der Waals surface area contributed by atoms with E-state index in [4.69, 9.17) is 0 Å². The lowest BCUT2D eigenvalue weighted by molar-refractivity contribution is -0.138. The van der Waals surface area contributed by atoms with E-state index in [1.165, 1.54) is 4.90 Å². The molecule has 0 radical (unpaired) electrons. The second kappa shape index (κ2) is 6.14. The predicted molar refractivity (Wildman–Crippen MR) is 51.9 cm³/mol. The van der Waals surface area contributed by atoms with Gasteiger partial charge in [0.1, 0.15) is 6.04 Å². The molecule has 1 aliphatic heterocycles. The molecule has 1 rings (SSSR count). The largest absolute Gasteiger partial charge is 0.331 e. The molecule has 1 aliphatic rings. The maximum Gasteiger partial charge on any atom is 0.259 e. The summed E-state index contributed by atoms with van der Waals surface area (Å²) >= 11 is 0. The summed E-state index contributed by atoms with van der Waals surface area (Å²) in [6.45, 7) is 2.88. The topological polar surface area (TPSA) is 32.3 Å². The van der Waals surface area contributed by atoms with Gasteiger partial charge in [-0.1, -0.05) is 6.92 Å². The zero-order chi connectivity index (χ0) is 9.84. The van der Waals surface area contributed by atoms with Crippen LogP contribution in [0.15, 0.2) is 0 Å². The van der Waals surface area contributed by atoms with Crippen LogP contribution in [0.25, 0.3) is 0 Å². The molecule has 0 bridgehead atoms. The highest BCUT2D eigenvalue weighted by molar-refractivity contribution is 5.85. The Labute approximate surface area is 88.2 Å². The van der Waals surface area contributed by atoms with Crippen LogP contribution in [0.2, 0.25) is 0 Å². The fourth-order valence-electron chi connectivity index (χ4n) is 1.46. The number of hydrogen-bond donors (Lipinski definition) is 1. The maximum atomic E-state index is 12.4. The van der Waals surface area contributed by atoms with Crippen molar-refractivity contribution in [3.63, 3.8) is 0 Å². The van der Waals surface area contributed by atoms with Crippen LogP contribution >= 0.6 is 12.4 Å². The van der Waals surface area contributed by atoms with Crippen molar-refractivity contribution >= 4 is 18.3 Å². The highest BCUT2D eigenvalue weighted by Gasteiger charge is 2.32. The highest BCUT2D eigenvalue weighted by atomic mass is 35.5. The van der Waals surface area contributed by atoms with Gasteiger partial charge in [-0.15, -0.1) is 12.4 Å². The Kier molecular flexibility index (Phi) is 5.95. The van der Waals surface area contributed by atoms with Crippen LogP contribution in [-0.4, -0.2) is 42.9 Å². The average molecular weight is 229 g/mol. The molecule has 0 aromatic rings. The number of amides is 1. The molecule has 0 aromatic carbocycles. The summed E-state index contributed by atoms with van der Waals surface area (Å²) in [6, 6.07) is -0.943. The zero-order valence-electron chi connectivity index (χ0n) is 8.00. The van der Waals surface area contributed by atoms with Crippen LogP contribution in [0.1, 0.15) is 13.3 Å². The average Bonchev–Trinajstić information content (AvgIpc) is 2.16. The molecule has 0 spiro atoms. The van der Waals surface area contributed by atoms with Gasteiger partial charge in [-0.25, -0.2) is 8.78 Å². The lowest BCUT2D eigenvalue weighted by Crippen LogP contribution is -2.56. The van der Waals surface area contributed by atoms with E-state index in [1.54, 1.807) is 6.92 Å². The Morgan fingerprint density at radius 3 is 2.79 bits per heavy atom. The van der Waals surface area contributed by atoms with Crippen molar-refractivity contribution < 1.29 is 13.6 Å². The summed E-state index contributed by atoms with van der Waals surface area (Å²) < 4.78 is 24.9. The van der Waals surface area contributed by atoms with Crippen LogP contribution in [0.4, 0.5) is 8.78 Å². The van der Waals surface area contributed by atoms with E-state index in [-0.39, 0.29) is 24.9 Å². The first kappa shape index (κ1) is 13.6. The Bertz CT molecular complexity index is 192. The molecule has 1 fully saturated rings. The van der Waals surface area contributed by atoms with Gasteiger partial charge in [0.15, 0.2) is 0 Å². The van der Waals surface area contributed by atoms with E-state index < -0.39 is 12.5 Å². The summed E-state index contributed by atoms with van der Waals surface area (Å²) in [4.78, 5) is 12.5. The van der Waals surface area contributed by atoms with Gasteiger partial charge >= 0.3 is 0 Å². The van der Waals surface area contributed by atoms with Crippen molar-refractivity contribution in [3.8, 4) is 0 Å². The quantitative estimate of drug-likeness (QED) is 0.761. The van der Waals surface area contributed by atoms with Crippen LogP contribution in [0.5, 0.6) is 0 Å². The van der Waals surface area contributed by atoms with Gasteiger partial charge in [-0.05, 0) is 0 Å². The molecule has 0 aliphatic carbocycles. The number of rotatable bonds is 2. The summed E-state index contributed by atoms with van der Waals surface area (Å²) in [7, 11) is 0. The Morgan fingerprint density at radius 2 is 2.29 bits per heavy atom. The maximum absolute atomic E-state index is 12.4. The highest BCUT2D eigenvalue weighted by Crippen LogP contribution is 2.12. The molecule has 6 heteroatoms. The fourth-order valence-corrected chi connectivity index (χ4v) is 1.46. The molecule has 1 unspecified atom stereocenters. The van der Waals surface area contributed by atoms with Gasteiger partial charge in [0.05, 0.1) is 0 Å². The van der Waals surface area contributed by atoms with Gasteiger partial charge in [0.2, 0.25) is 5.91 Å². The smallest absolute Gasteiger partial charge is 0.259 e. The first-order chi connectivity index (χ1) is 6.16. The molecular weight excluding hydrogens is 214 g/mol. The van der Waals surface area contributed by atoms with Crippen molar-refractivity contribution in [2.45, 2.75) is 25.8 Å². The van der Waals surface area contributed by atoms with Crippen LogP contribution in [0.3, 0.4) is 0 Å². The normalized spacial score (nSPS) is 22.0. The molecule has 1 amide bonds. The lowest BCUT2D eigenvalue weighted by atomic mass is 10.2. The van der Waals surface area contributed by atoms with Crippen molar-refractivity contribution in [1.29, 1.82) is 0 Å². The monoisotopic (exact) mass is 228 g/mol. The van der Waals surface area contributed by atoms with Gasteiger partial charge in [0, 0.05) is 26.1 Å². The third-order valence-corrected chi connectivity index (χ3v) is 2.20. The number of halogens is 3. The standard InChI is InChI=1S/C8H14F2N2O.ClH/c1-2-7(13)12-4-3-11-5-6(12)8(9)10;/h6,8,11H,2-5H2,1H3;1H. The molecule has 84 valence electrons. The first-order valence-electron chi connectivity index (χ1n) is 4.45. The molecule has 1 saturated heterocycles. The van der Waals surface area contributed by atoms with Crippen molar-refractivity contribution in [2.75, 3.05) is 19.6 Å². The lowest BCUT2D eigenvalue weighted by Gasteiger charge is -2.35. The number of hydrogen-bond acceptors (Lipinski definition) is 2. The molecule has 1 N–H and O–H groups in total.